The van der Waals surface area contributed by atoms with Gasteiger partial charge < -0.3 is 49.2 Å². The first kappa shape index (κ1) is 46.0. The van der Waals surface area contributed by atoms with Crippen molar-refractivity contribution in [2.75, 3.05) is 32.1 Å². The number of likely N-dealkylation sites (tertiary alicyclic amines) is 1. The highest BCUT2D eigenvalue weighted by atomic mass is 16.7. The molecule has 338 valence electrons. The number of carbonyl (C=O) groups excluding carboxylic acids is 2. The van der Waals surface area contributed by atoms with Gasteiger partial charge in [-0.05, 0) is 39.7 Å². The summed E-state index contributed by atoms with van der Waals surface area (Å²) < 4.78 is 31.3. The van der Waals surface area contributed by atoms with E-state index in [0.717, 1.165) is 19.6 Å². The number of nitrogens with zero attached hydrogens (tertiary/aromatic N) is 3. The second kappa shape index (κ2) is 17.2. The third-order valence-electron chi connectivity index (χ3n) is 13.3. The van der Waals surface area contributed by atoms with Crippen LogP contribution in [0.3, 0.4) is 0 Å². The fraction of sp³-hybridized carbons (Fsp3) is 0.551. The van der Waals surface area contributed by atoms with Crippen LogP contribution in [0.5, 0.6) is 17.2 Å². The molecule has 1 spiro atoms. The van der Waals surface area contributed by atoms with Gasteiger partial charge in [0.15, 0.2) is 11.5 Å². The number of rotatable bonds is 4. The van der Waals surface area contributed by atoms with Gasteiger partial charge >= 0.3 is 5.79 Å². The number of carbonyl (C=O) groups is 2. The molecule has 63 heavy (non-hydrogen) atoms. The highest BCUT2D eigenvalue weighted by Crippen LogP contribution is 2.52. The fourth-order valence-corrected chi connectivity index (χ4v) is 9.91. The first-order valence-corrected chi connectivity index (χ1v) is 21.9. The number of phenolic OH excluding ortho intramolecular Hbond substituents is 2. The van der Waals surface area contributed by atoms with Gasteiger partial charge in [-0.1, -0.05) is 65.3 Å². The molecule has 0 radical (unpaired) electrons. The zero-order chi connectivity index (χ0) is 45.9. The van der Waals surface area contributed by atoms with E-state index in [0.29, 0.717) is 24.4 Å². The number of amides is 1. The fourth-order valence-electron chi connectivity index (χ4n) is 9.91. The number of allylic oxidation sites excluding steroid dienone is 2. The van der Waals surface area contributed by atoms with Crippen molar-refractivity contribution in [3.63, 3.8) is 0 Å². The molecule has 2 saturated heterocycles. The summed E-state index contributed by atoms with van der Waals surface area (Å²) in [5.74, 6) is -3.92. The molecule has 14 heteroatoms. The Kier molecular flexibility index (Phi) is 12.5. The number of fused-ring (bicyclic) bond motifs is 9. The third-order valence-corrected chi connectivity index (χ3v) is 13.3. The SMILES string of the molecule is C#C[C@H]1[C@@H](O)[C@H](C)[C@@H]2OC(C)(C)O[C@H]([C@H]2C)[C@@H](C)/C=C/C=C(/C)C(=O)N=c2c(O)c3c(O)c(C)c4c(c3c3c2=NC2(CCN(CC(C)C)CC2)N3)C(=O)[C@@](C=C)(O/C=C/[C@@H]1OC)O4. The largest absolute Gasteiger partial charge is 0.507 e. The number of Topliss-reactive ketones (excluding diaryl/α,β-unsaturated/α-hetero) is 1. The molecule has 6 heterocycles. The molecule has 2 fully saturated rings. The molecule has 0 saturated carbocycles. The Bertz CT molecular complexity index is 2460. The van der Waals surface area contributed by atoms with E-state index in [4.69, 9.17) is 35.1 Å². The van der Waals surface area contributed by atoms with Crippen molar-refractivity contribution < 1.29 is 48.6 Å². The summed E-state index contributed by atoms with van der Waals surface area (Å²) in [6, 6.07) is 0. The summed E-state index contributed by atoms with van der Waals surface area (Å²) in [7, 11) is 1.46. The minimum atomic E-state index is -2.14. The lowest BCUT2D eigenvalue weighted by Gasteiger charge is -2.49. The number of aliphatic hydroxyl groups excluding tert-OH is 1. The molecule has 9 atom stereocenters. The van der Waals surface area contributed by atoms with Crippen LogP contribution in [0, 0.1) is 48.9 Å². The predicted molar refractivity (Wildman–Crippen MR) is 238 cm³/mol. The van der Waals surface area contributed by atoms with E-state index in [-0.39, 0.29) is 67.6 Å². The van der Waals surface area contributed by atoms with Crippen LogP contribution in [0.1, 0.15) is 84.2 Å². The Morgan fingerprint density at radius 3 is 2.37 bits per heavy atom. The van der Waals surface area contributed by atoms with Crippen LogP contribution in [0.25, 0.3) is 10.8 Å². The number of piperidine rings is 1. The Balaban J connectivity index is 1.43. The van der Waals surface area contributed by atoms with Crippen molar-refractivity contribution in [1.29, 1.82) is 0 Å². The number of hydrogen-bond acceptors (Lipinski definition) is 13. The molecule has 0 unspecified atom stereocenters. The normalized spacial score (nSPS) is 33.6. The Labute approximate surface area is 369 Å². The van der Waals surface area contributed by atoms with Gasteiger partial charge in [-0.25, -0.2) is 4.99 Å². The number of phenols is 2. The van der Waals surface area contributed by atoms with Gasteiger partial charge in [0.05, 0.1) is 53.2 Å². The molecule has 0 aromatic heterocycles. The van der Waals surface area contributed by atoms with Crippen molar-refractivity contribution >= 4 is 28.2 Å². The third kappa shape index (κ3) is 8.08. The van der Waals surface area contributed by atoms with Crippen LogP contribution in [0.2, 0.25) is 0 Å². The van der Waals surface area contributed by atoms with Crippen molar-refractivity contribution in [3.8, 4) is 29.6 Å². The zero-order valence-electron chi connectivity index (χ0n) is 38.0. The monoisotopic (exact) mass is 866 g/mol. The summed E-state index contributed by atoms with van der Waals surface area (Å²) in [6.45, 7) is 23.3. The molecular weight excluding hydrogens is 805 g/mol. The molecule has 0 aliphatic carbocycles. The van der Waals surface area contributed by atoms with Crippen molar-refractivity contribution in [2.24, 2.45) is 39.6 Å². The van der Waals surface area contributed by atoms with E-state index in [1.807, 2.05) is 40.7 Å². The minimum Gasteiger partial charge on any atom is -0.507 e. The Morgan fingerprint density at radius 1 is 1.05 bits per heavy atom. The Hall–Kier alpha value is -5.04. The molecule has 14 nitrogen and oxygen atoms in total. The van der Waals surface area contributed by atoms with Gasteiger partial charge in [-0.15, -0.1) is 6.42 Å². The van der Waals surface area contributed by atoms with Gasteiger partial charge in [0.2, 0.25) is 0 Å². The molecule has 4 N–H and O–H groups in total. The number of anilines is 1. The van der Waals surface area contributed by atoms with Crippen LogP contribution in [0.4, 0.5) is 5.69 Å². The minimum absolute atomic E-state index is 0.0145. The molecule has 6 aliphatic heterocycles. The number of ether oxygens (including phenoxy) is 5. The van der Waals surface area contributed by atoms with Crippen LogP contribution < -0.4 is 20.8 Å². The summed E-state index contributed by atoms with van der Waals surface area (Å²) in [5, 5.41) is 39.7. The lowest BCUT2D eigenvalue weighted by molar-refractivity contribution is -0.336. The van der Waals surface area contributed by atoms with E-state index in [2.05, 4.69) is 41.6 Å². The van der Waals surface area contributed by atoms with Gasteiger partial charge in [-0.3, -0.25) is 14.6 Å². The van der Waals surface area contributed by atoms with Crippen LogP contribution in [-0.4, -0.2) is 100 Å². The highest BCUT2D eigenvalue weighted by molar-refractivity contribution is 6.22. The molecule has 6 aliphatic rings. The average Bonchev–Trinajstić information content (AvgIpc) is 3.76. The summed E-state index contributed by atoms with van der Waals surface area (Å²) in [4.78, 5) is 41.0. The molecule has 2 aromatic rings. The number of nitrogens with one attached hydrogen (secondary N) is 1. The maximum atomic E-state index is 14.9. The van der Waals surface area contributed by atoms with Gasteiger partial charge in [-0.2, -0.15) is 0 Å². The van der Waals surface area contributed by atoms with Gasteiger partial charge in [0, 0.05) is 79.9 Å². The average molecular weight is 867 g/mol. The number of methoxy groups -OCH3 is 1. The lowest BCUT2D eigenvalue weighted by atomic mass is 9.77. The second-order valence-electron chi connectivity index (χ2n) is 18.7. The zero-order valence-corrected chi connectivity index (χ0v) is 38.0. The number of terminal acetylenes is 1. The summed E-state index contributed by atoms with van der Waals surface area (Å²) in [5.41, 5.74) is -0.117. The first-order valence-electron chi connectivity index (χ1n) is 21.9. The Morgan fingerprint density at radius 2 is 1.73 bits per heavy atom. The smallest absolute Gasteiger partial charge is 0.336 e. The lowest BCUT2D eigenvalue weighted by Crippen LogP contribution is -2.56. The van der Waals surface area contributed by atoms with Crippen molar-refractivity contribution in [3.05, 3.63) is 70.6 Å². The number of aliphatic hydroxyl groups is 1. The quantitative estimate of drug-likeness (QED) is 0.166. The van der Waals surface area contributed by atoms with E-state index in [1.165, 1.54) is 25.5 Å². The number of ketones is 1. The number of benzene rings is 2. The number of aromatic hydroxyl groups is 2. The summed E-state index contributed by atoms with van der Waals surface area (Å²) in [6.07, 6.45) is 13.7. The molecule has 1 amide bonds. The van der Waals surface area contributed by atoms with E-state index < -0.39 is 64.8 Å². The molecular formula is C49H62N4O10. The molecule has 7 bridgehead atoms. The van der Waals surface area contributed by atoms with E-state index in [1.54, 1.807) is 26.0 Å². The van der Waals surface area contributed by atoms with Crippen LogP contribution in [-0.2, 0) is 23.7 Å². The topological polar surface area (TPSA) is 181 Å². The number of hydrogen-bond donors (Lipinski definition) is 4. The van der Waals surface area contributed by atoms with Crippen LogP contribution in [0.15, 0.2) is 58.8 Å². The molecule has 2 aromatic carbocycles. The first-order chi connectivity index (χ1) is 29.7. The summed E-state index contributed by atoms with van der Waals surface area (Å²) >= 11 is 0. The maximum Gasteiger partial charge on any atom is 0.336 e. The highest BCUT2D eigenvalue weighted by Gasteiger charge is 2.52. The second-order valence-corrected chi connectivity index (χ2v) is 18.7. The van der Waals surface area contributed by atoms with Gasteiger partial charge in [0.1, 0.15) is 27.9 Å². The van der Waals surface area contributed by atoms with Crippen molar-refractivity contribution in [2.45, 2.75) is 117 Å². The predicted octanol–water partition coefficient (Wildman–Crippen LogP) is 5.76. The van der Waals surface area contributed by atoms with E-state index >= 15 is 0 Å². The maximum absolute atomic E-state index is 14.9. The van der Waals surface area contributed by atoms with Crippen LogP contribution >= 0.6 is 0 Å². The van der Waals surface area contributed by atoms with Gasteiger partial charge in [0.25, 0.3) is 11.7 Å². The van der Waals surface area contributed by atoms with E-state index in [9.17, 15) is 24.9 Å². The standard InChI is InChI=1S/C49H62N4O10/c1-13-31-32(59-12)18-23-60-49(14-2)45(57)35-33-34(40(55)29(8)44(35)63-49)41(56)38(37-36(33)51-48(52-37)19-21-53(22-20-48)24-25(3)4)50-46(58)27(6)17-15-16-26(5)42-30(9)43(28(7)39(31)54)62-47(10,11)61-42/h1,14-18,23,25-26,28,30-32,39,42-43,51,54-56H,2,19-22,24H2,3-12H3/b16-15+,23-18+,27-17-,50-38?/t26-,28-,30+,31+,32-,39-,42-,43-,49-/m0/s1. The molecule has 8 rings (SSSR count). The van der Waals surface area contributed by atoms with Crippen molar-refractivity contribution in [1.82, 2.24) is 4.90 Å².